The Kier molecular flexibility index (Phi) is 6.28. The first-order valence-electron chi connectivity index (χ1n) is 7.70. The van der Waals surface area contributed by atoms with Gasteiger partial charge >= 0.3 is 6.16 Å². The lowest BCUT2D eigenvalue weighted by molar-refractivity contribution is 0.0206. The Labute approximate surface area is 157 Å². The Balaban J connectivity index is 2.02. The molecule has 0 radical (unpaired) electrons. The van der Waals surface area contributed by atoms with Crippen LogP contribution in [0.15, 0.2) is 53.4 Å². The van der Waals surface area contributed by atoms with Crippen molar-refractivity contribution < 1.29 is 26.9 Å². The second-order valence-corrected chi connectivity index (χ2v) is 8.38. The molecule has 0 atom stereocenters. The topological polar surface area (TPSA) is 78.9 Å². The molecule has 0 heterocycles. The van der Waals surface area contributed by atoms with Gasteiger partial charge in [0.2, 0.25) is 0 Å². The van der Waals surface area contributed by atoms with Gasteiger partial charge in [0.05, 0.1) is 16.5 Å². The fourth-order valence-electron chi connectivity index (χ4n) is 1.88. The number of hydrogen-bond donors (Lipinski definition) is 0. The van der Waals surface area contributed by atoms with Gasteiger partial charge in [0.1, 0.15) is 5.60 Å². The van der Waals surface area contributed by atoms with Crippen molar-refractivity contribution in [2.45, 2.75) is 37.9 Å². The van der Waals surface area contributed by atoms with E-state index in [9.17, 15) is 13.2 Å². The molecule has 0 saturated carbocycles. The summed E-state index contributed by atoms with van der Waals surface area (Å²) in [6.07, 6.45) is -0.880. The standard InChI is InChI=1S/C18H19ClO6S/c1-18(2,3)25-17(20)24-16-10-9-13(11-15(16)19)12-23-26(21,22)14-7-5-4-6-8-14/h4-11H,12H2,1-3H3. The lowest BCUT2D eigenvalue weighted by atomic mass is 10.2. The van der Waals surface area contributed by atoms with Crippen molar-refractivity contribution in [1.82, 2.24) is 0 Å². The van der Waals surface area contributed by atoms with Crippen molar-refractivity contribution in [2.75, 3.05) is 0 Å². The monoisotopic (exact) mass is 398 g/mol. The molecule has 2 rings (SSSR count). The van der Waals surface area contributed by atoms with E-state index in [2.05, 4.69) is 0 Å². The number of ether oxygens (including phenoxy) is 2. The Morgan fingerprint density at radius 1 is 1.08 bits per heavy atom. The molecule has 0 N–H and O–H groups in total. The van der Waals surface area contributed by atoms with Crippen LogP contribution in [0.3, 0.4) is 0 Å². The number of rotatable bonds is 5. The molecule has 0 spiro atoms. The maximum absolute atomic E-state index is 12.1. The lowest BCUT2D eigenvalue weighted by Gasteiger charge is -2.19. The fraction of sp³-hybridized carbons (Fsp3) is 0.278. The minimum Gasteiger partial charge on any atom is -0.428 e. The zero-order valence-corrected chi connectivity index (χ0v) is 16.1. The van der Waals surface area contributed by atoms with E-state index in [1.165, 1.54) is 24.3 Å². The molecule has 0 bridgehead atoms. The van der Waals surface area contributed by atoms with Gasteiger partial charge in [-0.25, -0.2) is 4.79 Å². The van der Waals surface area contributed by atoms with E-state index in [0.29, 0.717) is 5.56 Å². The summed E-state index contributed by atoms with van der Waals surface area (Å²) in [7, 11) is -3.87. The second-order valence-electron chi connectivity index (χ2n) is 6.36. The quantitative estimate of drug-likeness (QED) is 0.417. The molecule has 6 nitrogen and oxygen atoms in total. The highest BCUT2D eigenvalue weighted by Crippen LogP contribution is 2.27. The van der Waals surface area contributed by atoms with Gasteiger partial charge in [-0.15, -0.1) is 0 Å². The maximum atomic E-state index is 12.1. The summed E-state index contributed by atoms with van der Waals surface area (Å²) in [6.45, 7) is 4.93. The third kappa shape index (κ3) is 6.01. The number of benzene rings is 2. The van der Waals surface area contributed by atoms with E-state index in [-0.39, 0.29) is 22.3 Å². The Hall–Kier alpha value is -2.09. The van der Waals surface area contributed by atoms with Gasteiger partial charge in [0.15, 0.2) is 5.75 Å². The van der Waals surface area contributed by atoms with E-state index in [1.54, 1.807) is 45.0 Å². The third-order valence-corrected chi connectivity index (χ3v) is 4.56. The summed E-state index contributed by atoms with van der Waals surface area (Å²) in [6, 6.07) is 12.3. The largest absolute Gasteiger partial charge is 0.514 e. The zero-order valence-electron chi connectivity index (χ0n) is 14.6. The molecule has 0 fully saturated rings. The number of carbonyl (C=O) groups is 1. The molecule has 26 heavy (non-hydrogen) atoms. The van der Waals surface area contributed by atoms with Gasteiger partial charge in [-0.3, -0.25) is 4.18 Å². The Bertz CT molecular complexity index is 872. The molecule has 0 aliphatic heterocycles. The van der Waals surface area contributed by atoms with Gasteiger partial charge in [-0.2, -0.15) is 8.42 Å². The van der Waals surface area contributed by atoms with Gasteiger partial charge in [0, 0.05) is 0 Å². The van der Waals surface area contributed by atoms with Crippen molar-refractivity contribution in [3.8, 4) is 5.75 Å². The molecule has 8 heteroatoms. The SMILES string of the molecule is CC(C)(C)OC(=O)Oc1ccc(COS(=O)(=O)c2ccccc2)cc1Cl. The summed E-state index contributed by atoms with van der Waals surface area (Å²) >= 11 is 6.07. The molecule has 0 saturated heterocycles. The molecule has 2 aromatic carbocycles. The van der Waals surface area contributed by atoms with E-state index in [0.717, 1.165) is 0 Å². The van der Waals surface area contributed by atoms with Gasteiger partial charge in [-0.1, -0.05) is 35.9 Å². The summed E-state index contributed by atoms with van der Waals surface area (Å²) in [5.74, 6) is 0.107. The zero-order chi connectivity index (χ0) is 19.4. The average Bonchev–Trinajstić information content (AvgIpc) is 2.54. The van der Waals surface area contributed by atoms with Crippen LogP contribution in [0.5, 0.6) is 5.75 Å². The minimum atomic E-state index is -3.87. The van der Waals surface area contributed by atoms with Crippen molar-refractivity contribution in [2.24, 2.45) is 0 Å². The van der Waals surface area contributed by atoms with Crippen molar-refractivity contribution in [3.05, 3.63) is 59.1 Å². The minimum absolute atomic E-state index is 0.0657. The second kappa shape index (κ2) is 8.07. The van der Waals surface area contributed by atoms with E-state index in [1.807, 2.05) is 0 Å². The first-order valence-corrected chi connectivity index (χ1v) is 9.49. The van der Waals surface area contributed by atoms with E-state index < -0.39 is 21.9 Å². The number of carbonyl (C=O) groups excluding carboxylic acids is 1. The highest BCUT2D eigenvalue weighted by Gasteiger charge is 2.19. The fourth-order valence-corrected chi connectivity index (χ4v) is 3.04. The average molecular weight is 399 g/mol. The maximum Gasteiger partial charge on any atom is 0.514 e. The molecular formula is C18H19ClO6S. The van der Waals surface area contributed by atoms with Crippen molar-refractivity contribution >= 4 is 27.9 Å². The number of halogens is 1. The summed E-state index contributed by atoms with van der Waals surface area (Å²) in [5, 5.41) is 0.133. The van der Waals surface area contributed by atoms with E-state index >= 15 is 0 Å². The first-order chi connectivity index (χ1) is 12.1. The molecule has 0 aliphatic carbocycles. The molecule has 2 aromatic rings. The predicted molar refractivity (Wildman–Crippen MR) is 96.7 cm³/mol. The lowest BCUT2D eigenvalue weighted by Crippen LogP contribution is -2.26. The van der Waals surface area contributed by atoms with Crippen LogP contribution in [-0.2, 0) is 25.6 Å². The van der Waals surface area contributed by atoms with Crippen LogP contribution in [0.25, 0.3) is 0 Å². The van der Waals surface area contributed by atoms with Gasteiger partial charge in [-0.05, 0) is 50.6 Å². The van der Waals surface area contributed by atoms with Crippen LogP contribution in [0.1, 0.15) is 26.3 Å². The van der Waals surface area contributed by atoms with Crippen LogP contribution in [-0.4, -0.2) is 20.2 Å². The molecule has 140 valence electrons. The Morgan fingerprint density at radius 2 is 1.73 bits per heavy atom. The molecular weight excluding hydrogens is 380 g/mol. The van der Waals surface area contributed by atoms with Crippen LogP contribution >= 0.6 is 11.6 Å². The van der Waals surface area contributed by atoms with Crippen LogP contribution in [0, 0.1) is 0 Å². The molecule has 0 aromatic heterocycles. The highest BCUT2D eigenvalue weighted by molar-refractivity contribution is 7.86. The van der Waals surface area contributed by atoms with Crippen LogP contribution in [0.4, 0.5) is 4.79 Å². The third-order valence-electron chi connectivity index (χ3n) is 2.99. The van der Waals surface area contributed by atoms with E-state index in [4.69, 9.17) is 25.3 Å². The summed E-state index contributed by atoms with van der Waals surface area (Å²) < 4.78 is 39.3. The Morgan fingerprint density at radius 3 is 2.31 bits per heavy atom. The van der Waals surface area contributed by atoms with Crippen molar-refractivity contribution in [1.29, 1.82) is 0 Å². The number of hydrogen-bond acceptors (Lipinski definition) is 6. The molecule has 0 unspecified atom stereocenters. The predicted octanol–water partition coefficient (Wildman–Crippen LogP) is 4.56. The normalized spacial score (nSPS) is 11.8. The smallest absolute Gasteiger partial charge is 0.428 e. The van der Waals surface area contributed by atoms with Crippen LogP contribution in [0.2, 0.25) is 5.02 Å². The summed E-state index contributed by atoms with van der Waals surface area (Å²) in [5.41, 5.74) is -0.186. The first kappa shape index (κ1) is 20.2. The van der Waals surface area contributed by atoms with Crippen molar-refractivity contribution in [3.63, 3.8) is 0 Å². The van der Waals surface area contributed by atoms with Gasteiger partial charge < -0.3 is 9.47 Å². The summed E-state index contributed by atoms with van der Waals surface area (Å²) in [4.78, 5) is 11.7. The van der Waals surface area contributed by atoms with Gasteiger partial charge in [0.25, 0.3) is 10.1 Å². The van der Waals surface area contributed by atoms with Crippen LogP contribution < -0.4 is 4.74 Å². The molecule has 0 aliphatic rings. The molecule has 0 amide bonds. The highest BCUT2D eigenvalue weighted by atomic mass is 35.5.